The average molecular weight is 243 g/mol. The van der Waals surface area contributed by atoms with Crippen LogP contribution >= 0.6 is 0 Å². The number of fused-ring (bicyclic) bond motifs is 1. The van der Waals surface area contributed by atoms with Gasteiger partial charge in [-0.15, -0.1) is 0 Å². The molecule has 1 unspecified atom stereocenters. The van der Waals surface area contributed by atoms with E-state index in [0.717, 1.165) is 11.8 Å². The lowest BCUT2D eigenvalue weighted by Gasteiger charge is -2.23. The number of benzene rings is 1. The fourth-order valence-corrected chi connectivity index (χ4v) is 3.77. The van der Waals surface area contributed by atoms with Gasteiger partial charge in [0.05, 0.1) is 0 Å². The van der Waals surface area contributed by atoms with Gasteiger partial charge in [0.25, 0.3) is 0 Å². The first-order valence-corrected chi connectivity index (χ1v) is 7.72. The zero-order valence-corrected chi connectivity index (χ0v) is 11.3. The van der Waals surface area contributed by atoms with Crippen LogP contribution in [0.4, 0.5) is 0 Å². The van der Waals surface area contributed by atoms with Crippen LogP contribution in [0.1, 0.15) is 55.6 Å². The third-order valence-electron chi connectivity index (χ3n) is 4.88. The highest BCUT2D eigenvalue weighted by molar-refractivity contribution is 5.34. The van der Waals surface area contributed by atoms with Crippen LogP contribution in [0.3, 0.4) is 0 Å². The van der Waals surface area contributed by atoms with Crippen LogP contribution in [-0.2, 0) is 6.42 Å². The molecule has 1 aromatic carbocycles. The van der Waals surface area contributed by atoms with Gasteiger partial charge in [0.1, 0.15) is 0 Å². The first-order valence-electron chi connectivity index (χ1n) is 7.72. The van der Waals surface area contributed by atoms with E-state index < -0.39 is 0 Å². The van der Waals surface area contributed by atoms with E-state index in [2.05, 4.69) is 29.6 Å². The largest absolute Gasteiger partial charge is 0.317 e. The molecule has 1 atom stereocenters. The lowest BCUT2D eigenvalue weighted by molar-refractivity contribution is 0.339. The van der Waals surface area contributed by atoms with Gasteiger partial charge in [-0.05, 0) is 68.2 Å². The molecule has 1 nitrogen and oxygen atoms in total. The Balaban J connectivity index is 1.47. The van der Waals surface area contributed by atoms with Gasteiger partial charge in [0.15, 0.2) is 0 Å². The van der Waals surface area contributed by atoms with Crippen LogP contribution in [0, 0.1) is 5.92 Å². The van der Waals surface area contributed by atoms with E-state index in [0.29, 0.717) is 0 Å². The van der Waals surface area contributed by atoms with E-state index in [9.17, 15) is 0 Å². The van der Waals surface area contributed by atoms with Crippen LogP contribution in [0.2, 0.25) is 0 Å². The standard InChI is InChI=1S/C17H25N/c1-2-7-17-15(5-1)8-9-16(17)6-3-4-14-10-12-18-13-11-14/h1-2,5,7,14,16,18H,3-4,6,8-13H2. The highest BCUT2D eigenvalue weighted by Crippen LogP contribution is 2.36. The lowest BCUT2D eigenvalue weighted by Crippen LogP contribution is -2.27. The van der Waals surface area contributed by atoms with Gasteiger partial charge in [0, 0.05) is 0 Å². The molecule has 0 bridgehead atoms. The molecule has 3 rings (SSSR count). The van der Waals surface area contributed by atoms with E-state index in [1.807, 2.05) is 0 Å². The van der Waals surface area contributed by atoms with Crippen LogP contribution in [0.15, 0.2) is 24.3 Å². The van der Waals surface area contributed by atoms with Crippen LogP contribution in [0.25, 0.3) is 0 Å². The molecule has 18 heavy (non-hydrogen) atoms. The summed E-state index contributed by atoms with van der Waals surface area (Å²) in [6, 6.07) is 9.08. The zero-order valence-electron chi connectivity index (χ0n) is 11.3. The summed E-state index contributed by atoms with van der Waals surface area (Å²) in [4.78, 5) is 0. The summed E-state index contributed by atoms with van der Waals surface area (Å²) in [6.07, 6.45) is 9.83. The molecule has 2 aliphatic rings. The minimum absolute atomic E-state index is 0.864. The Kier molecular flexibility index (Phi) is 3.99. The maximum Gasteiger partial charge on any atom is -0.00463 e. The highest BCUT2D eigenvalue weighted by atomic mass is 14.9. The third kappa shape index (κ3) is 2.77. The molecule has 0 saturated carbocycles. The number of piperidine rings is 1. The number of hydrogen-bond donors (Lipinski definition) is 1. The molecule has 1 aliphatic carbocycles. The second-order valence-electron chi connectivity index (χ2n) is 6.06. The van der Waals surface area contributed by atoms with Crippen molar-refractivity contribution >= 4 is 0 Å². The third-order valence-corrected chi connectivity index (χ3v) is 4.88. The second kappa shape index (κ2) is 5.88. The predicted molar refractivity (Wildman–Crippen MR) is 76.9 cm³/mol. The van der Waals surface area contributed by atoms with Crippen LogP contribution < -0.4 is 5.32 Å². The minimum atomic E-state index is 0.864. The van der Waals surface area contributed by atoms with E-state index in [-0.39, 0.29) is 0 Å². The SMILES string of the molecule is c1ccc2c(c1)CCC2CCCC1CCNCC1. The molecule has 1 heteroatoms. The number of aryl methyl sites for hydroxylation is 1. The molecule has 1 N–H and O–H groups in total. The van der Waals surface area contributed by atoms with Crippen molar-refractivity contribution in [1.82, 2.24) is 5.32 Å². The Morgan fingerprint density at radius 3 is 2.72 bits per heavy atom. The smallest absolute Gasteiger partial charge is 0.00463 e. The maximum absolute atomic E-state index is 3.46. The summed E-state index contributed by atoms with van der Waals surface area (Å²) in [6.45, 7) is 2.49. The molecule has 0 spiro atoms. The van der Waals surface area contributed by atoms with E-state index >= 15 is 0 Å². The lowest BCUT2D eigenvalue weighted by atomic mass is 9.89. The monoisotopic (exact) mass is 243 g/mol. The van der Waals surface area contributed by atoms with Crippen molar-refractivity contribution in [2.45, 2.75) is 50.9 Å². The predicted octanol–water partition coefficient (Wildman–Crippen LogP) is 3.89. The summed E-state index contributed by atoms with van der Waals surface area (Å²) in [7, 11) is 0. The van der Waals surface area contributed by atoms with E-state index in [1.54, 1.807) is 11.1 Å². The number of hydrogen-bond acceptors (Lipinski definition) is 1. The number of nitrogens with one attached hydrogen (secondary N) is 1. The van der Waals surface area contributed by atoms with Gasteiger partial charge >= 0.3 is 0 Å². The van der Waals surface area contributed by atoms with Crippen molar-refractivity contribution in [3.8, 4) is 0 Å². The van der Waals surface area contributed by atoms with Crippen molar-refractivity contribution in [3.05, 3.63) is 35.4 Å². The summed E-state index contributed by atoms with van der Waals surface area (Å²) >= 11 is 0. The molecule has 0 amide bonds. The quantitative estimate of drug-likeness (QED) is 0.846. The summed E-state index contributed by atoms with van der Waals surface area (Å²) in [5.74, 6) is 1.87. The normalized spacial score (nSPS) is 24.1. The van der Waals surface area contributed by atoms with Crippen molar-refractivity contribution in [1.29, 1.82) is 0 Å². The Labute approximate surface area is 111 Å². The van der Waals surface area contributed by atoms with Gasteiger partial charge in [-0.25, -0.2) is 0 Å². The Bertz CT molecular complexity index is 379. The van der Waals surface area contributed by atoms with Gasteiger partial charge in [-0.3, -0.25) is 0 Å². The van der Waals surface area contributed by atoms with Crippen molar-refractivity contribution in [3.63, 3.8) is 0 Å². The van der Waals surface area contributed by atoms with Gasteiger partial charge < -0.3 is 5.32 Å². The van der Waals surface area contributed by atoms with Crippen LogP contribution in [0.5, 0.6) is 0 Å². The topological polar surface area (TPSA) is 12.0 Å². The molecule has 1 saturated heterocycles. The Morgan fingerprint density at radius 1 is 1.00 bits per heavy atom. The summed E-state index contributed by atoms with van der Waals surface area (Å²) in [5.41, 5.74) is 3.27. The van der Waals surface area contributed by atoms with Gasteiger partial charge in [-0.1, -0.05) is 37.1 Å². The maximum atomic E-state index is 3.46. The Morgan fingerprint density at radius 2 is 1.83 bits per heavy atom. The highest BCUT2D eigenvalue weighted by Gasteiger charge is 2.22. The van der Waals surface area contributed by atoms with Gasteiger partial charge in [0.2, 0.25) is 0 Å². The fraction of sp³-hybridized carbons (Fsp3) is 0.647. The molecular formula is C17H25N. The summed E-state index contributed by atoms with van der Waals surface area (Å²) in [5, 5.41) is 3.46. The van der Waals surface area contributed by atoms with Crippen molar-refractivity contribution in [2.75, 3.05) is 13.1 Å². The molecule has 1 fully saturated rings. The first kappa shape index (κ1) is 12.2. The van der Waals surface area contributed by atoms with E-state index in [4.69, 9.17) is 0 Å². The van der Waals surface area contributed by atoms with Crippen molar-refractivity contribution < 1.29 is 0 Å². The van der Waals surface area contributed by atoms with Gasteiger partial charge in [-0.2, -0.15) is 0 Å². The van der Waals surface area contributed by atoms with E-state index in [1.165, 1.54) is 58.0 Å². The minimum Gasteiger partial charge on any atom is -0.317 e. The zero-order chi connectivity index (χ0) is 12.2. The molecule has 1 heterocycles. The average Bonchev–Trinajstić information content (AvgIpc) is 2.84. The molecule has 0 aromatic heterocycles. The van der Waals surface area contributed by atoms with Crippen molar-refractivity contribution in [2.24, 2.45) is 5.92 Å². The first-order chi connectivity index (χ1) is 8.93. The second-order valence-corrected chi connectivity index (χ2v) is 6.06. The molecule has 1 aromatic rings. The fourth-order valence-electron chi connectivity index (χ4n) is 3.77. The summed E-state index contributed by atoms with van der Waals surface area (Å²) < 4.78 is 0. The molecule has 98 valence electrons. The van der Waals surface area contributed by atoms with Crippen LogP contribution in [-0.4, -0.2) is 13.1 Å². The molecule has 1 aliphatic heterocycles. The Hall–Kier alpha value is -0.820. The molecule has 0 radical (unpaired) electrons. The number of rotatable bonds is 4. The molecular weight excluding hydrogens is 218 g/mol.